The van der Waals surface area contributed by atoms with Crippen LogP contribution in [0.1, 0.15) is 55.4 Å². The van der Waals surface area contributed by atoms with Crippen molar-refractivity contribution in [3.8, 4) is 0 Å². The van der Waals surface area contributed by atoms with Gasteiger partial charge in [0.1, 0.15) is 23.1 Å². The van der Waals surface area contributed by atoms with Crippen molar-refractivity contribution in [1.82, 2.24) is 0 Å². The van der Waals surface area contributed by atoms with Crippen molar-refractivity contribution in [2.24, 2.45) is 0 Å². The minimum absolute atomic E-state index is 0.167. The summed E-state index contributed by atoms with van der Waals surface area (Å²) in [6, 6.07) is 0. The maximum Gasteiger partial charge on any atom is 0.126 e. The molecule has 0 bridgehead atoms. The zero-order chi connectivity index (χ0) is 14.3. The van der Waals surface area contributed by atoms with Crippen LogP contribution in [0.25, 0.3) is 0 Å². The average molecular weight is 232 g/mol. The van der Waals surface area contributed by atoms with E-state index in [0.717, 1.165) is 0 Å². The normalized spacial score (nSPS) is 6.50. The van der Waals surface area contributed by atoms with Crippen LogP contribution < -0.4 is 0 Å². The average Bonchev–Trinajstić information content (AvgIpc) is 1.76. The molecule has 0 aromatic heterocycles. The zero-order valence-corrected chi connectivity index (χ0v) is 11.6. The smallest absolute Gasteiger partial charge is 0.126 e. The second-order valence-corrected chi connectivity index (χ2v) is 3.63. The molecule has 0 atom stereocenters. The van der Waals surface area contributed by atoms with Crippen LogP contribution in [-0.4, -0.2) is 23.1 Å². The molecule has 0 spiro atoms. The van der Waals surface area contributed by atoms with Gasteiger partial charge >= 0.3 is 0 Å². The third-order valence-electron chi connectivity index (χ3n) is 0. The molecule has 0 N–H and O–H groups in total. The van der Waals surface area contributed by atoms with Gasteiger partial charge in [0, 0.05) is 0 Å². The molecular formula is C12H24O4. The Hall–Kier alpha value is -1.32. The van der Waals surface area contributed by atoms with Crippen molar-refractivity contribution < 1.29 is 19.2 Å². The van der Waals surface area contributed by atoms with Gasteiger partial charge in [-0.1, -0.05) is 0 Å². The third kappa shape index (κ3) is 993. The first-order chi connectivity index (χ1) is 6.93. The molecule has 0 saturated heterocycles. The van der Waals surface area contributed by atoms with Crippen LogP contribution in [-0.2, 0) is 19.2 Å². The van der Waals surface area contributed by atoms with E-state index in [0.29, 0.717) is 0 Å². The lowest BCUT2D eigenvalue weighted by molar-refractivity contribution is -0.115. The van der Waals surface area contributed by atoms with Crippen molar-refractivity contribution >= 4 is 23.1 Å². The molecule has 0 saturated carbocycles. The summed E-state index contributed by atoms with van der Waals surface area (Å²) < 4.78 is 0. The molecular weight excluding hydrogens is 208 g/mol. The minimum Gasteiger partial charge on any atom is -0.300 e. The minimum atomic E-state index is 0.167. The molecule has 0 rings (SSSR count). The standard InChI is InChI=1S/4C3H6O/c4*1-3(2)4/h4*1-2H3. The summed E-state index contributed by atoms with van der Waals surface area (Å²) in [6.45, 7) is 12.2. The van der Waals surface area contributed by atoms with Crippen LogP contribution >= 0.6 is 0 Å². The lowest BCUT2D eigenvalue weighted by Gasteiger charge is -1.56. The van der Waals surface area contributed by atoms with Gasteiger partial charge in [0.15, 0.2) is 0 Å². The Bertz CT molecular complexity index is 153. The number of Topliss-reactive ketones (excluding diaryl/α,β-unsaturated/α-hetero) is 4. The molecule has 0 aliphatic carbocycles. The summed E-state index contributed by atoms with van der Waals surface area (Å²) in [7, 11) is 0. The highest BCUT2D eigenvalue weighted by Crippen LogP contribution is 1.51. The monoisotopic (exact) mass is 232 g/mol. The first-order valence-electron chi connectivity index (χ1n) is 4.82. The number of carbonyl (C=O) groups is 4. The van der Waals surface area contributed by atoms with E-state index in [1.807, 2.05) is 0 Å². The van der Waals surface area contributed by atoms with Gasteiger partial charge in [0.2, 0.25) is 0 Å². The topological polar surface area (TPSA) is 68.3 Å². The summed E-state index contributed by atoms with van der Waals surface area (Å²) in [4.78, 5) is 37.8. The molecule has 0 heterocycles. The quantitative estimate of drug-likeness (QED) is 0.643. The van der Waals surface area contributed by atoms with Crippen LogP contribution in [0.15, 0.2) is 0 Å². The molecule has 96 valence electrons. The summed E-state index contributed by atoms with van der Waals surface area (Å²) in [5.41, 5.74) is 0. The molecule has 0 unspecified atom stereocenters. The van der Waals surface area contributed by atoms with Crippen LogP contribution in [0.2, 0.25) is 0 Å². The number of hydrogen-bond donors (Lipinski definition) is 0. The maximum atomic E-state index is 9.44. The SMILES string of the molecule is CC(C)=O.CC(C)=O.CC(C)=O.CC(C)=O. The van der Waals surface area contributed by atoms with Crippen molar-refractivity contribution in [3.63, 3.8) is 0 Å². The van der Waals surface area contributed by atoms with Crippen molar-refractivity contribution in [2.45, 2.75) is 55.4 Å². The van der Waals surface area contributed by atoms with Crippen molar-refractivity contribution in [2.75, 3.05) is 0 Å². The van der Waals surface area contributed by atoms with Crippen LogP contribution in [0.4, 0.5) is 0 Å². The number of rotatable bonds is 0. The van der Waals surface area contributed by atoms with E-state index >= 15 is 0 Å². The molecule has 0 amide bonds. The Balaban J connectivity index is -0.0000000600. The van der Waals surface area contributed by atoms with E-state index in [9.17, 15) is 19.2 Å². The molecule has 0 aliphatic heterocycles. The van der Waals surface area contributed by atoms with Crippen LogP contribution in [0.3, 0.4) is 0 Å². The molecule has 4 nitrogen and oxygen atoms in total. The molecule has 0 radical (unpaired) electrons. The van der Waals surface area contributed by atoms with E-state index in [1.165, 1.54) is 55.4 Å². The molecule has 4 heteroatoms. The van der Waals surface area contributed by atoms with Gasteiger partial charge in [-0.25, -0.2) is 0 Å². The second kappa shape index (κ2) is 19.3. The van der Waals surface area contributed by atoms with Gasteiger partial charge in [0.25, 0.3) is 0 Å². The fourth-order valence-electron chi connectivity index (χ4n) is 0. The van der Waals surface area contributed by atoms with E-state index < -0.39 is 0 Å². The first-order valence-corrected chi connectivity index (χ1v) is 4.82. The lowest BCUT2D eigenvalue weighted by Crippen LogP contribution is -1.69. The fraction of sp³-hybridized carbons (Fsp3) is 0.667. The van der Waals surface area contributed by atoms with Crippen molar-refractivity contribution in [3.05, 3.63) is 0 Å². The van der Waals surface area contributed by atoms with Crippen molar-refractivity contribution in [1.29, 1.82) is 0 Å². The van der Waals surface area contributed by atoms with E-state index in [-0.39, 0.29) is 23.1 Å². The third-order valence-corrected chi connectivity index (χ3v) is 0. The van der Waals surface area contributed by atoms with Gasteiger partial charge in [0.05, 0.1) is 0 Å². The van der Waals surface area contributed by atoms with Crippen LogP contribution in [0.5, 0.6) is 0 Å². The molecule has 0 aromatic rings. The summed E-state index contributed by atoms with van der Waals surface area (Å²) in [6.07, 6.45) is 0. The maximum absolute atomic E-state index is 9.44. The Morgan fingerprint density at radius 2 is 0.375 bits per heavy atom. The van der Waals surface area contributed by atoms with E-state index in [4.69, 9.17) is 0 Å². The van der Waals surface area contributed by atoms with Crippen LogP contribution in [0, 0.1) is 0 Å². The van der Waals surface area contributed by atoms with Gasteiger partial charge in [-0.05, 0) is 55.4 Å². The highest BCUT2D eigenvalue weighted by molar-refractivity contribution is 5.72. The van der Waals surface area contributed by atoms with Gasteiger partial charge in [-0.2, -0.15) is 0 Å². The van der Waals surface area contributed by atoms with Gasteiger partial charge in [-0.15, -0.1) is 0 Å². The van der Waals surface area contributed by atoms with Gasteiger partial charge < -0.3 is 19.2 Å². The number of ketones is 4. The number of hydrogen-bond acceptors (Lipinski definition) is 4. The zero-order valence-electron chi connectivity index (χ0n) is 11.6. The molecule has 0 aromatic carbocycles. The molecule has 0 aliphatic rings. The Labute approximate surface area is 98.4 Å². The second-order valence-electron chi connectivity index (χ2n) is 3.63. The number of carbonyl (C=O) groups excluding carboxylic acids is 4. The Morgan fingerprint density at radius 1 is 0.375 bits per heavy atom. The lowest BCUT2D eigenvalue weighted by atomic mass is 10.6. The van der Waals surface area contributed by atoms with Gasteiger partial charge in [-0.3, -0.25) is 0 Å². The highest BCUT2D eigenvalue weighted by atomic mass is 16.1. The molecule has 16 heavy (non-hydrogen) atoms. The fourth-order valence-corrected chi connectivity index (χ4v) is 0. The Morgan fingerprint density at radius 3 is 0.375 bits per heavy atom. The largest absolute Gasteiger partial charge is 0.300 e. The van der Waals surface area contributed by atoms with E-state index in [2.05, 4.69) is 0 Å². The molecule has 0 fully saturated rings. The predicted octanol–water partition coefficient (Wildman–Crippen LogP) is 2.38. The van der Waals surface area contributed by atoms with E-state index in [1.54, 1.807) is 0 Å². The first kappa shape index (κ1) is 24.1. The predicted molar refractivity (Wildman–Crippen MR) is 65.4 cm³/mol. The summed E-state index contributed by atoms with van der Waals surface area (Å²) in [5.74, 6) is 0.667. The Kier molecular flexibility index (Phi) is 29.0. The summed E-state index contributed by atoms with van der Waals surface area (Å²) in [5, 5.41) is 0. The highest BCUT2D eigenvalue weighted by Gasteiger charge is 1.63. The summed E-state index contributed by atoms with van der Waals surface area (Å²) >= 11 is 0.